The largest absolute Gasteiger partial charge is 0.280 e. The lowest BCUT2D eigenvalue weighted by atomic mass is 9.86. The zero-order valence-electron chi connectivity index (χ0n) is 7.77. The van der Waals surface area contributed by atoms with Crippen LogP contribution in [0, 0.1) is 11.6 Å². The van der Waals surface area contributed by atoms with E-state index in [1.54, 1.807) is 0 Å². The standard InChI is InChI=1S/C10H9ClF2O/c1-10(2,9(11)14)6-3-7(12)5-8(13)4-6/h3-5H,1-2H3. The second kappa shape index (κ2) is 3.65. The molecule has 14 heavy (non-hydrogen) atoms. The molecule has 0 spiro atoms. The van der Waals surface area contributed by atoms with E-state index >= 15 is 0 Å². The molecular formula is C10H9ClF2O. The fourth-order valence-corrected chi connectivity index (χ4v) is 1.14. The molecule has 1 nitrogen and oxygen atoms in total. The Hall–Kier alpha value is -0.960. The van der Waals surface area contributed by atoms with Crippen LogP contribution >= 0.6 is 11.6 Å². The second-order valence-electron chi connectivity index (χ2n) is 3.56. The summed E-state index contributed by atoms with van der Waals surface area (Å²) in [6, 6.07) is 2.95. The Morgan fingerprint density at radius 3 is 2.00 bits per heavy atom. The Kier molecular flexibility index (Phi) is 2.90. The molecule has 0 saturated carbocycles. The lowest BCUT2D eigenvalue weighted by molar-refractivity contribution is -0.115. The molecule has 0 aliphatic carbocycles. The second-order valence-corrected chi connectivity index (χ2v) is 3.90. The number of carbonyl (C=O) groups is 1. The van der Waals surface area contributed by atoms with E-state index < -0.39 is 22.3 Å². The van der Waals surface area contributed by atoms with Crippen LogP contribution in [0.25, 0.3) is 0 Å². The number of hydrogen-bond donors (Lipinski definition) is 0. The zero-order valence-corrected chi connectivity index (χ0v) is 8.53. The van der Waals surface area contributed by atoms with E-state index in [1.807, 2.05) is 0 Å². The smallest absolute Gasteiger partial charge is 0.231 e. The van der Waals surface area contributed by atoms with Crippen molar-refractivity contribution in [2.45, 2.75) is 19.3 Å². The molecule has 0 atom stereocenters. The van der Waals surface area contributed by atoms with E-state index in [-0.39, 0.29) is 5.56 Å². The van der Waals surface area contributed by atoms with Gasteiger partial charge in [0.25, 0.3) is 0 Å². The van der Waals surface area contributed by atoms with Crippen molar-refractivity contribution in [1.29, 1.82) is 0 Å². The molecule has 0 saturated heterocycles. The van der Waals surface area contributed by atoms with Gasteiger partial charge < -0.3 is 0 Å². The number of benzene rings is 1. The van der Waals surface area contributed by atoms with Crippen LogP contribution in [0.1, 0.15) is 19.4 Å². The molecule has 0 radical (unpaired) electrons. The van der Waals surface area contributed by atoms with Crippen LogP contribution < -0.4 is 0 Å². The van der Waals surface area contributed by atoms with Gasteiger partial charge in [-0.15, -0.1) is 0 Å². The summed E-state index contributed by atoms with van der Waals surface area (Å²) in [5, 5.41) is -0.650. The van der Waals surface area contributed by atoms with Crippen molar-refractivity contribution in [2.75, 3.05) is 0 Å². The first-order valence-electron chi connectivity index (χ1n) is 4.00. The predicted octanol–water partition coefficient (Wildman–Crippen LogP) is 3.01. The first-order chi connectivity index (χ1) is 6.34. The number of rotatable bonds is 2. The monoisotopic (exact) mass is 218 g/mol. The van der Waals surface area contributed by atoms with Crippen LogP contribution in [0.3, 0.4) is 0 Å². The van der Waals surface area contributed by atoms with E-state index in [2.05, 4.69) is 0 Å². The van der Waals surface area contributed by atoms with E-state index in [1.165, 1.54) is 13.8 Å². The highest BCUT2D eigenvalue weighted by molar-refractivity contribution is 6.65. The molecule has 0 aromatic heterocycles. The quantitative estimate of drug-likeness (QED) is 0.698. The maximum Gasteiger partial charge on any atom is 0.231 e. The first kappa shape index (κ1) is 11.1. The average Bonchev–Trinajstić information content (AvgIpc) is 2.01. The summed E-state index contributed by atoms with van der Waals surface area (Å²) >= 11 is 5.32. The lowest BCUT2D eigenvalue weighted by Gasteiger charge is -2.19. The van der Waals surface area contributed by atoms with Crippen molar-refractivity contribution >= 4 is 16.8 Å². The van der Waals surface area contributed by atoms with E-state index in [0.717, 1.165) is 18.2 Å². The topological polar surface area (TPSA) is 17.1 Å². The summed E-state index contributed by atoms with van der Waals surface area (Å²) in [7, 11) is 0. The molecule has 1 aromatic carbocycles. The van der Waals surface area contributed by atoms with E-state index in [0.29, 0.717) is 0 Å². The summed E-state index contributed by atoms with van der Waals surface area (Å²) in [6.07, 6.45) is 0. The molecule has 0 amide bonds. The summed E-state index contributed by atoms with van der Waals surface area (Å²) in [5.74, 6) is -1.43. The Bertz CT molecular complexity index is 354. The maximum absolute atomic E-state index is 12.8. The van der Waals surface area contributed by atoms with Gasteiger partial charge in [0.2, 0.25) is 5.24 Å². The third kappa shape index (κ3) is 2.10. The molecular weight excluding hydrogens is 210 g/mol. The van der Waals surface area contributed by atoms with Gasteiger partial charge in [0.15, 0.2) is 0 Å². The van der Waals surface area contributed by atoms with Gasteiger partial charge in [-0.1, -0.05) is 0 Å². The minimum Gasteiger partial charge on any atom is -0.280 e. The molecule has 0 fully saturated rings. The predicted molar refractivity (Wildman–Crippen MR) is 50.2 cm³/mol. The highest BCUT2D eigenvalue weighted by Gasteiger charge is 2.28. The van der Waals surface area contributed by atoms with E-state index in [9.17, 15) is 13.6 Å². The molecule has 0 bridgehead atoms. The fourth-order valence-electron chi connectivity index (χ4n) is 1.03. The molecule has 0 heterocycles. The van der Waals surface area contributed by atoms with E-state index in [4.69, 9.17) is 11.6 Å². The fraction of sp³-hybridized carbons (Fsp3) is 0.300. The van der Waals surface area contributed by atoms with Gasteiger partial charge in [-0.3, -0.25) is 4.79 Å². The van der Waals surface area contributed by atoms with Crippen molar-refractivity contribution in [3.63, 3.8) is 0 Å². The molecule has 0 unspecified atom stereocenters. The minimum absolute atomic E-state index is 0.231. The SMILES string of the molecule is CC(C)(C(=O)Cl)c1cc(F)cc(F)c1. The van der Waals surface area contributed by atoms with Gasteiger partial charge in [0.1, 0.15) is 11.6 Å². The van der Waals surface area contributed by atoms with Crippen LogP contribution in [0.4, 0.5) is 8.78 Å². The summed E-state index contributed by atoms with van der Waals surface area (Å²) in [4.78, 5) is 11.0. The number of halogens is 3. The molecule has 0 aliphatic heterocycles. The summed E-state index contributed by atoms with van der Waals surface area (Å²) < 4.78 is 25.7. The van der Waals surface area contributed by atoms with Gasteiger partial charge in [-0.2, -0.15) is 0 Å². The molecule has 1 rings (SSSR count). The van der Waals surface area contributed by atoms with Gasteiger partial charge in [0.05, 0.1) is 5.41 Å². The Balaban J connectivity index is 3.25. The molecule has 0 aliphatic rings. The highest BCUT2D eigenvalue weighted by Crippen LogP contribution is 2.27. The lowest BCUT2D eigenvalue weighted by Crippen LogP contribution is -2.25. The van der Waals surface area contributed by atoms with Crippen molar-refractivity contribution < 1.29 is 13.6 Å². The van der Waals surface area contributed by atoms with Crippen molar-refractivity contribution in [3.05, 3.63) is 35.4 Å². The normalized spacial score (nSPS) is 11.5. The molecule has 1 aromatic rings. The maximum atomic E-state index is 12.8. The zero-order chi connectivity index (χ0) is 10.9. The van der Waals surface area contributed by atoms with Gasteiger partial charge >= 0.3 is 0 Å². The highest BCUT2D eigenvalue weighted by atomic mass is 35.5. The van der Waals surface area contributed by atoms with Crippen molar-refractivity contribution in [3.8, 4) is 0 Å². The minimum atomic E-state index is -1.08. The third-order valence-corrected chi connectivity index (χ3v) is 2.55. The van der Waals surface area contributed by atoms with Crippen LogP contribution in [-0.4, -0.2) is 5.24 Å². The van der Waals surface area contributed by atoms with Crippen LogP contribution in [-0.2, 0) is 10.2 Å². The van der Waals surface area contributed by atoms with Crippen molar-refractivity contribution in [1.82, 2.24) is 0 Å². The van der Waals surface area contributed by atoms with Gasteiger partial charge in [-0.25, -0.2) is 8.78 Å². The van der Waals surface area contributed by atoms with Crippen LogP contribution in [0.5, 0.6) is 0 Å². The number of hydrogen-bond acceptors (Lipinski definition) is 1. The Labute approximate surface area is 85.7 Å². The first-order valence-corrected chi connectivity index (χ1v) is 4.38. The van der Waals surface area contributed by atoms with Crippen LogP contribution in [0.15, 0.2) is 18.2 Å². The van der Waals surface area contributed by atoms with Crippen LogP contribution in [0.2, 0.25) is 0 Å². The number of carbonyl (C=O) groups excluding carboxylic acids is 1. The molecule has 4 heteroatoms. The Morgan fingerprint density at radius 1 is 1.21 bits per heavy atom. The van der Waals surface area contributed by atoms with Gasteiger partial charge in [0, 0.05) is 6.07 Å². The molecule has 0 N–H and O–H groups in total. The summed E-state index contributed by atoms with van der Waals surface area (Å²) in [6.45, 7) is 3.02. The Morgan fingerprint density at radius 2 is 1.64 bits per heavy atom. The third-order valence-electron chi connectivity index (χ3n) is 2.08. The molecule has 76 valence electrons. The van der Waals surface area contributed by atoms with Crippen molar-refractivity contribution in [2.24, 2.45) is 0 Å². The van der Waals surface area contributed by atoms with Gasteiger partial charge in [-0.05, 0) is 43.1 Å². The summed E-state index contributed by atoms with van der Waals surface area (Å²) in [5.41, 5.74) is -0.847. The average molecular weight is 219 g/mol.